The van der Waals surface area contributed by atoms with Crippen LogP contribution in [-0.4, -0.2) is 34.2 Å². The van der Waals surface area contributed by atoms with Gasteiger partial charge in [-0.05, 0) is 16.7 Å². The number of aliphatic carboxylic acids is 2. The zero-order valence-corrected chi connectivity index (χ0v) is 15.3. The summed E-state index contributed by atoms with van der Waals surface area (Å²) in [7, 11) is 0. The maximum absolute atomic E-state index is 12.6. The highest BCUT2D eigenvalue weighted by Crippen LogP contribution is 2.49. The number of rotatable bonds is 8. The molecule has 0 unspecified atom stereocenters. The van der Waals surface area contributed by atoms with Gasteiger partial charge in [-0.1, -0.05) is 91.0 Å². The minimum Gasteiger partial charge on any atom is -0.478 e. The maximum atomic E-state index is 12.6. The number of hydrogen-bond donors (Lipinski definition) is 2. The van der Waals surface area contributed by atoms with E-state index >= 15 is 0 Å². The third-order valence-corrected chi connectivity index (χ3v) is 4.98. The van der Waals surface area contributed by atoms with E-state index < -0.39 is 23.0 Å². The average Bonchev–Trinajstić information content (AvgIpc) is 2.75. The van der Waals surface area contributed by atoms with Gasteiger partial charge in [0, 0.05) is 0 Å². The lowest BCUT2D eigenvalue weighted by Gasteiger charge is -2.44. The number of carbonyl (C=O) groups excluding carboxylic acids is 1. The van der Waals surface area contributed by atoms with Gasteiger partial charge in [0.15, 0.2) is 0 Å². The first-order valence-corrected chi connectivity index (χ1v) is 8.76. The molecule has 3 aromatic carbocycles. The normalized spacial score (nSPS) is 11.4. The van der Waals surface area contributed by atoms with Crippen LogP contribution in [0.15, 0.2) is 91.0 Å². The van der Waals surface area contributed by atoms with Crippen molar-refractivity contribution in [2.75, 3.05) is 0 Å². The summed E-state index contributed by atoms with van der Waals surface area (Å²) >= 11 is 0. The first-order chi connectivity index (χ1) is 14.0. The molecule has 0 radical (unpaired) electrons. The molecule has 0 fully saturated rings. The molecule has 6 heteroatoms. The lowest BCUT2D eigenvalue weighted by atomic mass is 9.59. The number of benzene rings is 3. The molecule has 6 nitrogen and oxygen atoms in total. The highest BCUT2D eigenvalue weighted by molar-refractivity contribution is 6.07. The van der Waals surface area contributed by atoms with Crippen LogP contribution >= 0.6 is 0 Å². The van der Waals surface area contributed by atoms with Gasteiger partial charge in [-0.15, -0.1) is 0 Å². The molecule has 0 spiro atoms. The highest BCUT2D eigenvalue weighted by Gasteiger charge is 2.67. The molecule has 3 aromatic rings. The Morgan fingerprint density at radius 3 is 1.21 bits per heavy atom. The van der Waals surface area contributed by atoms with Crippen LogP contribution in [0.5, 0.6) is 0 Å². The second-order valence-electron chi connectivity index (χ2n) is 6.35. The molecule has 29 heavy (non-hydrogen) atoms. The van der Waals surface area contributed by atoms with E-state index in [1.165, 1.54) is 0 Å². The number of carboxylic acids is 2. The average molecular weight is 390 g/mol. The van der Waals surface area contributed by atoms with Crippen LogP contribution in [-0.2, 0) is 24.5 Å². The smallest absolute Gasteiger partial charge is 0.361 e. The van der Waals surface area contributed by atoms with Gasteiger partial charge in [0.1, 0.15) is 5.41 Å². The van der Waals surface area contributed by atoms with E-state index in [2.05, 4.69) is 0 Å². The van der Waals surface area contributed by atoms with E-state index in [-0.39, 0.29) is 6.47 Å². The van der Waals surface area contributed by atoms with Crippen molar-refractivity contribution in [1.82, 2.24) is 0 Å². The molecule has 0 bridgehead atoms. The number of ether oxygens (including phenoxy) is 1. The van der Waals surface area contributed by atoms with Gasteiger partial charge in [0.05, 0.1) is 0 Å². The highest BCUT2D eigenvalue weighted by atomic mass is 16.6. The Labute approximate surface area is 167 Å². The zero-order chi connectivity index (χ0) is 20.9. The Morgan fingerprint density at radius 1 is 0.655 bits per heavy atom. The third kappa shape index (κ3) is 2.95. The van der Waals surface area contributed by atoms with Gasteiger partial charge in [0.25, 0.3) is 6.47 Å². The monoisotopic (exact) mass is 390 g/mol. The van der Waals surface area contributed by atoms with E-state index in [0.29, 0.717) is 16.7 Å². The predicted octanol–water partition coefficient (Wildman–Crippen LogP) is 3.10. The lowest BCUT2D eigenvalue weighted by Crippen LogP contribution is -2.64. The molecular formula is C23H18O6. The minimum absolute atomic E-state index is 0.133. The SMILES string of the molecule is O=COC(C(=O)O)(C(=O)O)C(c1ccccc1)(c1ccccc1)c1ccccc1. The Morgan fingerprint density at radius 2 is 0.966 bits per heavy atom. The fourth-order valence-electron chi connectivity index (χ4n) is 3.85. The van der Waals surface area contributed by atoms with Gasteiger partial charge in [-0.3, -0.25) is 4.79 Å². The maximum Gasteiger partial charge on any atom is 0.361 e. The van der Waals surface area contributed by atoms with Crippen molar-refractivity contribution in [2.45, 2.75) is 11.0 Å². The molecule has 146 valence electrons. The Bertz CT molecular complexity index is 889. The van der Waals surface area contributed by atoms with Crippen molar-refractivity contribution >= 4 is 18.4 Å². The fourth-order valence-corrected chi connectivity index (χ4v) is 3.85. The molecule has 0 saturated heterocycles. The molecule has 3 rings (SSSR count). The quantitative estimate of drug-likeness (QED) is 0.348. The number of carboxylic acid groups (broad SMARTS) is 2. The molecule has 0 aromatic heterocycles. The van der Waals surface area contributed by atoms with E-state index in [0.717, 1.165) is 0 Å². The zero-order valence-electron chi connectivity index (χ0n) is 15.3. The van der Waals surface area contributed by atoms with Crippen molar-refractivity contribution < 1.29 is 29.3 Å². The van der Waals surface area contributed by atoms with E-state index in [4.69, 9.17) is 4.74 Å². The van der Waals surface area contributed by atoms with E-state index in [1.54, 1.807) is 91.0 Å². The van der Waals surface area contributed by atoms with Crippen LogP contribution < -0.4 is 0 Å². The van der Waals surface area contributed by atoms with E-state index in [9.17, 15) is 24.6 Å². The van der Waals surface area contributed by atoms with Crippen LogP contribution in [0.25, 0.3) is 0 Å². The molecule has 0 heterocycles. The van der Waals surface area contributed by atoms with E-state index in [1.807, 2.05) is 0 Å². The number of hydrogen-bond acceptors (Lipinski definition) is 4. The molecular weight excluding hydrogens is 372 g/mol. The molecule has 0 aliphatic rings. The van der Waals surface area contributed by atoms with Crippen molar-refractivity contribution in [2.24, 2.45) is 0 Å². The van der Waals surface area contributed by atoms with Crippen LogP contribution in [0.3, 0.4) is 0 Å². The standard InChI is InChI=1S/C23H18O6/c24-16-29-23(20(25)26,21(27)28)22(17-10-4-1-5-11-17,18-12-6-2-7-13-18)19-14-8-3-9-15-19/h1-16H,(H,25,26)(H,27,28). The summed E-state index contributed by atoms with van der Waals surface area (Å²) in [6.45, 7) is -0.133. The van der Waals surface area contributed by atoms with Gasteiger partial charge < -0.3 is 14.9 Å². The Kier molecular flexibility index (Phi) is 5.45. The number of carbonyl (C=O) groups is 3. The van der Waals surface area contributed by atoms with Gasteiger partial charge in [-0.25, -0.2) is 9.59 Å². The van der Waals surface area contributed by atoms with Gasteiger partial charge in [-0.2, -0.15) is 0 Å². The minimum atomic E-state index is -2.96. The van der Waals surface area contributed by atoms with Crippen LogP contribution in [0.1, 0.15) is 16.7 Å². The molecule has 2 N–H and O–H groups in total. The summed E-state index contributed by atoms with van der Waals surface area (Å²) in [6, 6.07) is 24.9. The summed E-state index contributed by atoms with van der Waals surface area (Å²) in [5, 5.41) is 20.4. The molecule has 0 aliphatic carbocycles. The lowest BCUT2D eigenvalue weighted by molar-refractivity contribution is -0.190. The second-order valence-corrected chi connectivity index (χ2v) is 6.35. The summed E-state index contributed by atoms with van der Waals surface area (Å²) in [4.78, 5) is 36.5. The van der Waals surface area contributed by atoms with Crippen LogP contribution in [0.4, 0.5) is 0 Å². The van der Waals surface area contributed by atoms with Crippen molar-refractivity contribution in [3.05, 3.63) is 108 Å². The first-order valence-electron chi connectivity index (χ1n) is 8.76. The predicted molar refractivity (Wildman–Crippen MR) is 104 cm³/mol. The van der Waals surface area contributed by atoms with Crippen molar-refractivity contribution in [3.8, 4) is 0 Å². The van der Waals surface area contributed by atoms with Crippen molar-refractivity contribution in [3.63, 3.8) is 0 Å². The Hall–Kier alpha value is -3.93. The summed E-state index contributed by atoms with van der Waals surface area (Å²) < 4.78 is 5.00. The van der Waals surface area contributed by atoms with Crippen molar-refractivity contribution in [1.29, 1.82) is 0 Å². The van der Waals surface area contributed by atoms with Gasteiger partial charge >= 0.3 is 17.5 Å². The van der Waals surface area contributed by atoms with Gasteiger partial charge in [0.2, 0.25) is 0 Å². The molecule has 0 amide bonds. The first kappa shape index (κ1) is 19.8. The summed E-state index contributed by atoms with van der Waals surface area (Å²) in [5.74, 6) is -3.60. The molecule has 0 saturated carbocycles. The molecule has 0 atom stereocenters. The largest absolute Gasteiger partial charge is 0.478 e. The fraction of sp³-hybridized carbons (Fsp3) is 0.0870. The van der Waals surface area contributed by atoms with Crippen LogP contribution in [0, 0.1) is 0 Å². The third-order valence-electron chi connectivity index (χ3n) is 4.98. The Balaban J connectivity index is 2.60. The second kappa shape index (κ2) is 7.98. The summed E-state index contributed by atoms with van der Waals surface area (Å²) in [6.07, 6.45) is 0. The molecule has 0 aliphatic heterocycles. The summed E-state index contributed by atoms with van der Waals surface area (Å²) in [5.41, 5.74) is -3.77. The topological polar surface area (TPSA) is 101 Å². The van der Waals surface area contributed by atoms with Crippen LogP contribution in [0.2, 0.25) is 0 Å².